The summed E-state index contributed by atoms with van der Waals surface area (Å²) in [4.78, 5) is 0. The third-order valence-electron chi connectivity index (χ3n) is 2.18. The monoisotopic (exact) mass is 411 g/mol. The zero-order valence-electron chi connectivity index (χ0n) is 10.6. The fourth-order valence-electron chi connectivity index (χ4n) is 1.37. The van der Waals surface area contributed by atoms with Crippen molar-refractivity contribution in [3.63, 3.8) is 0 Å². The van der Waals surface area contributed by atoms with E-state index in [1.165, 1.54) is 45.1 Å². The number of nitrogens with zero attached hydrogens (tertiary/aromatic N) is 1. The summed E-state index contributed by atoms with van der Waals surface area (Å²) in [5.74, 6) is 0. The predicted molar refractivity (Wildman–Crippen MR) is 76.9 cm³/mol. The maximum Gasteiger partial charge on any atom is 0.0780 e. The zero-order chi connectivity index (χ0) is 9.45. The van der Waals surface area contributed by atoms with E-state index in [0.29, 0.717) is 0 Å². The summed E-state index contributed by atoms with van der Waals surface area (Å²) in [5.41, 5.74) is 0. The molecule has 0 aromatic heterocycles. The van der Waals surface area contributed by atoms with Crippen LogP contribution in [-0.2, 0) is 0 Å². The first kappa shape index (κ1) is 25.3. The molecule has 98 valence electrons. The Morgan fingerprint density at radius 1 is 0.733 bits per heavy atom. The lowest BCUT2D eigenvalue weighted by Gasteiger charge is -2.23. The van der Waals surface area contributed by atoms with Gasteiger partial charge in [0.15, 0.2) is 0 Å². The summed E-state index contributed by atoms with van der Waals surface area (Å²) in [7, 11) is 6.81. The van der Waals surface area contributed by atoms with Crippen LogP contribution in [0.25, 0.3) is 0 Å². The Balaban J connectivity index is -0.000000202. The summed E-state index contributed by atoms with van der Waals surface area (Å²) < 4.78 is 1.12. The van der Waals surface area contributed by atoms with Crippen LogP contribution in [0, 0.1) is 0 Å². The second kappa shape index (κ2) is 15.4. The molecule has 0 N–H and O–H groups in total. The highest BCUT2D eigenvalue weighted by Crippen LogP contribution is 2.06. The number of rotatable bonds is 7. The van der Waals surface area contributed by atoms with Gasteiger partial charge in [-0.1, -0.05) is 32.6 Å². The van der Waals surface area contributed by atoms with Crippen LogP contribution in [0.15, 0.2) is 0 Å². The van der Waals surface area contributed by atoms with Crippen molar-refractivity contribution in [1.82, 2.24) is 0 Å². The molecule has 0 heterocycles. The fourth-order valence-corrected chi connectivity index (χ4v) is 1.37. The van der Waals surface area contributed by atoms with E-state index in [4.69, 9.17) is 0 Å². The number of unbranched alkanes of at least 4 members (excludes halogenated alkanes) is 5. The third-order valence-corrected chi connectivity index (χ3v) is 2.18. The van der Waals surface area contributed by atoms with Crippen LogP contribution in [-0.4, -0.2) is 32.2 Å². The fraction of sp³-hybridized carbons (Fsp3) is 1.00. The number of hydrogen-bond donors (Lipinski definition) is 0. The lowest BCUT2D eigenvalue weighted by Crippen LogP contribution is -3.00. The topological polar surface area (TPSA) is 0 Å². The lowest BCUT2D eigenvalue weighted by molar-refractivity contribution is -0.870. The molecule has 0 saturated carbocycles. The normalized spacial score (nSPS) is 9.60. The van der Waals surface area contributed by atoms with Crippen molar-refractivity contribution in [3.05, 3.63) is 0 Å². The van der Waals surface area contributed by atoms with Gasteiger partial charge in [0.25, 0.3) is 0 Å². The number of hydrogen-bond acceptors (Lipinski definition) is 0. The summed E-state index contributed by atoms with van der Waals surface area (Å²) in [6.07, 6.45) is 8.48. The van der Waals surface area contributed by atoms with E-state index >= 15 is 0 Å². The van der Waals surface area contributed by atoms with Gasteiger partial charge in [-0.2, -0.15) is 0 Å². The van der Waals surface area contributed by atoms with E-state index in [9.17, 15) is 0 Å². The molecule has 0 unspecified atom stereocenters. The van der Waals surface area contributed by atoms with Crippen LogP contribution < -0.4 is 17.0 Å². The van der Waals surface area contributed by atoms with Crippen molar-refractivity contribution in [2.75, 3.05) is 27.7 Å². The van der Waals surface area contributed by atoms with E-state index in [0.717, 1.165) is 4.48 Å². The average molecular weight is 414 g/mol. The van der Waals surface area contributed by atoms with E-state index in [1.54, 1.807) is 0 Å². The van der Waals surface area contributed by atoms with Gasteiger partial charge in [-0.05, 0) is 12.8 Å². The maximum absolute atomic E-state index is 2.27. The molecular weight excluding hydrogens is 386 g/mol. The van der Waals surface area contributed by atoms with Crippen LogP contribution in [0.1, 0.15) is 45.4 Å². The molecular formula is C11H28Br3N. The van der Waals surface area contributed by atoms with Gasteiger partial charge >= 0.3 is 0 Å². The highest BCUT2D eigenvalue weighted by atomic mass is 79.9. The van der Waals surface area contributed by atoms with Crippen LogP contribution in [0.5, 0.6) is 0 Å². The molecule has 4 heteroatoms. The van der Waals surface area contributed by atoms with Gasteiger partial charge in [0, 0.05) is 0 Å². The van der Waals surface area contributed by atoms with Crippen LogP contribution >= 0.6 is 34.0 Å². The van der Waals surface area contributed by atoms with Crippen molar-refractivity contribution < 1.29 is 21.5 Å². The Labute approximate surface area is 128 Å². The molecule has 0 aromatic rings. The van der Waals surface area contributed by atoms with E-state index in [2.05, 4.69) is 28.1 Å². The van der Waals surface area contributed by atoms with Crippen LogP contribution in [0.2, 0.25) is 0 Å². The van der Waals surface area contributed by atoms with Crippen molar-refractivity contribution in [2.24, 2.45) is 0 Å². The standard InChI is InChI=1S/C11H26N.3BrH/c1-5-6-7-8-9-10-11-12(2,3)4;;;/h5-11H2,1-4H3;3*1H/q+1;;;/p-1. The first-order chi connectivity index (χ1) is 5.56. The molecule has 0 atom stereocenters. The number of quaternary nitrogens is 1. The van der Waals surface area contributed by atoms with Crippen molar-refractivity contribution in [1.29, 1.82) is 0 Å². The minimum atomic E-state index is 0. The van der Waals surface area contributed by atoms with Crippen molar-refractivity contribution in [3.8, 4) is 0 Å². The lowest BCUT2D eigenvalue weighted by atomic mass is 10.1. The smallest absolute Gasteiger partial charge is 0.0780 e. The first-order valence-corrected chi connectivity index (χ1v) is 5.36. The van der Waals surface area contributed by atoms with Gasteiger partial charge < -0.3 is 21.5 Å². The molecule has 0 aromatic carbocycles. The quantitative estimate of drug-likeness (QED) is 0.435. The Morgan fingerprint density at radius 3 is 1.53 bits per heavy atom. The van der Waals surface area contributed by atoms with Gasteiger partial charge in [0.1, 0.15) is 0 Å². The van der Waals surface area contributed by atoms with Crippen LogP contribution in [0.3, 0.4) is 0 Å². The zero-order valence-corrected chi connectivity index (χ0v) is 15.6. The van der Waals surface area contributed by atoms with Gasteiger partial charge in [0.05, 0.1) is 27.7 Å². The Morgan fingerprint density at radius 2 is 1.13 bits per heavy atom. The minimum absolute atomic E-state index is 0. The molecule has 0 amide bonds. The molecule has 0 aliphatic rings. The second-order valence-electron chi connectivity index (χ2n) is 4.78. The molecule has 1 nitrogen and oxygen atoms in total. The Bertz CT molecular complexity index is 102. The molecule has 0 aliphatic carbocycles. The molecule has 0 bridgehead atoms. The summed E-state index contributed by atoms with van der Waals surface area (Å²) in [5, 5.41) is 0. The van der Waals surface area contributed by atoms with Gasteiger partial charge in [-0.3, -0.25) is 0 Å². The average Bonchev–Trinajstić information content (AvgIpc) is 1.94. The molecule has 0 aliphatic heterocycles. The largest absolute Gasteiger partial charge is 1.00 e. The first-order valence-electron chi connectivity index (χ1n) is 5.36. The summed E-state index contributed by atoms with van der Waals surface area (Å²) >= 11 is 0. The highest BCUT2D eigenvalue weighted by molar-refractivity contribution is 8.93. The van der Waals surface area contributed by atoms with E-state index < -0.39 is 0 Å². The predicted octanol–water partition coefficient (Wildman–Crippen LogP) is 1.21. The summed E-state index contributed by atoms with van der Waals surface area (Å²) in [6, 6.07) is 0. The highest BCUT2D eigenvalue weighted by Gasteiger charge is 2.04. The van der Waals surface area contributed by atoms with Gasteiger partial charge in [0.2, 0.25) is 0 Å². The third kappa shape index (κ3) is 25.6. The summed E-state index contributed by atoms with van der Waals surface area (Å²) in [6.45, 7) is 3.60. The molecule has 0 saturated heterocycles. The molecule has 0 radical (unpaired) electrons. The minimum Gasteiger partial charge on any atom is -1.00 e. The van der Waals surface area contributed by atoms with Crippen molar-refractivity contribution >= 4 is 34.0 Å². The Kier molecular flexibility index (Phi) is 26.0. The second-order valence-corrected chi connectivity index (χ2v) is 4.78. The molecule has 0 spiro atoms. The van der Waals surface area contributed by atoms with Gasteiger partial charge in [-0.15, -0.1) is 34.0 Å². The van der Waals surface area contributed by atoms with Crippen LogP contribution in [0.4, 0.5) is 0 Å². The molecule has 0 fully saturated rings. The number of halogens is 3. The van der Waals surface area contributed by atoms with E-state index in [1.807, 2.05) is 0 Å². The Hall–Kier alpha value is 1.40. The van der Waals surface area contributed by atoms with E-state index in [-0.39, 0.29) is 50.9 Å². The molecule has 15 heavy (non-hydrogen) atoms. The van der Waals surface area contributed by atoms with Gasteiger partial charge in [-0.25, -0.2) is 0 Å². The van der Waals surface area contributed by atoms with Crippen molar-refractivity contribution in [2.45, 2.75) is 45.4 Å². The maximum atomic E-state index is 2.27. The molecule has 0 rings (SSSR count). The SMILES string of the molecule is Br.Br.CCCCCCCC[N+](C)(C)C.[Br-].